The van der Waals surface area contributed by atoms with Crippen LogP contribution in [0.3, 0.4) is 0 Å². The van der Waals surface area contributed by atoms with Gasteiger partial charge in [-0.3, -0.25) is 0 Å². The molecule has 1 N–H and O–H groups in total. The van der Waals surface area contributed by atoms with Crippen LogP contribution in [0.15, 0.2) is 18.2 Å². The highest BCUT2D eigenvalue weighted by Crippen LogP contribution is 2.45. The third-order valence-corrected chi connectivity index (χ3v) is 4.59. The first kappa shape index (κ1) is 11.9. The van der Waals surface area contributed by atoms with Crippen LogP contribution < -0.4 is 10.1 Å². The number of nitrogens with one attached hydrogen (secondary N) is 1. The summed E-state index contributed by atoms with van der Waals surface area (Å²) in [7, 11) is 0. The Morgan fingerprint density at radius 2 is 2.17 bits per heavy atom. The van der Waals surface area contributed by atoms with E-state index in [2.05, 4.69) is 30.4 Å². The van der Waals surface area contributed by atoms with E-state index < -0.39 is 0 Å². The van der Waals surface area contributed by atoms with E-state index in [0.29, 0.717) is 6.04 Å². The molecule has 0 spiro atoms. The van der Waals surface area contributed by atoms with Crippen LogP contribution in [0.25, 0.3) is 0 Å². The summed E-state index contributed by atoms with van der Waals surface area (Å²) in [4.78, 5) is 0. The lowest BCUT2D eigenvalue weighted by Crippen LogP contribution is -2.26. The van der Waals surface area contributed by atoms with Crippen molar-refractivity contribution in [1.82, 2.24) is 0 Å². The van der Waals surface area contributed by atoms with Gasteiger partial charge in [0.05, 0.1) is 6.61 Å². The van der Waals surface area contributed by atoms with Crippen molar-refractivity contribution in [3.63, 3.8) is 0 Å². The molecule has 0 amide bonds. The van der Waals surface area contributed by atoms with Crippen LogP contribution in [0.2, 0.25) is 0 Å². The molecule has 1 aromatic carbocycles. The molecule has 2 heteroatoms. The number of aryl methyl sites for hydroxylation is 1. The summed E-state index contributed by atoms with van der Waals surface area (Å²) >= 11 is 0. The van der Waals surface area contributed by atoms with Gasteiger partial charge in [0.25, 0.3) is 0 Å². The molecule has 98 valence electrons. The summed E-state index contributed by atoms with van der Waals surface area (Å²) < 4.78 is 5.53. The van der Waals surface area contributed by atoms with E-state index in [0.717, 1.165) is 24.2 Å². The molecule has 0 heterocycles. The predicted molar refractivity (Wildman–Crippen MR) is 75.2 cm³/mol. The Balaban J connectivity index is 1.69. The molecule has 3 unspecified atom stereocenters. The molecule has 0 aromatic heterocycles. The highest BCUT2D eigenvalue weighted by atomic mass is 16.5. The fourth-order valence-corrected chi connectivity index (χ4v) is 3.68. The van der Waals surface area contributed by atoms with Crippen LogP contribution in [0.5, 0.6) is 5.75 Å². The largest absolute Gasteiger partial charge is 0.494 e. The molecule has 3 rings (SSSR count). The van der Waals surface area contributed by atoms with Gasteiger partial charge in [-0.2, -0.15) is 0 Å². The third-order valence-electron chi connectivity index (χ3n) is 4.59. The number of hydrogen-bond donors (Lipinski definition) is 1. The van der Waals surface area contributed by atoms with Gasteiger partial charge in [0.1, 0.15) is 5.75 Å². The van der Waals surface area contributed by atoms with Crippen LogP contribution in [-0.2, 0) is 0 Å². The fourth-order valence-electron chi connectivity index (χ4n) is 3.68. The minimum atomic E-state index is 0.709. The second kappa shape index (κ2) is 4.83. The van der Waals surface area contributed by atoms with Crippen molar-refractivity contribution in [1.29, 1.82) is 0 Å². The van der Waals surface area contributed by atoms with E-state index in [1.807, 2.05) is 6.92 Å². The van der Waals surface area contributed by atoms with Gasteiger partial charge in [0.15, 0.2) is 0 Å². The van der Waals surface area contributed by atoms with Gasteiger partial charge < -0.3 is 10.1 Å². The first-order chi connectivity index (χ1) is 8.76. The topological polar surface area (TPSA) is 21.3 Å². The molecule has 2 saturated carbocycles. The predicted octanol–water partition coefficient (Wildman–Crippen LogP) is 3.99. The molecule has 2 bridgehead atoms. The van der Waals surface area contributed by atoms with E-state index in [-0.39, 0.29) is 0 Å². The SMILES string of the molecule is CCOc1ccc(NC2CC3CCC2C3)c(C)c1. The summed E-state index contributed by atoms with van der Waals surface area (Å²) in [6, 6.07) is 7.10. The third kappa shape index (κ3) is 2.21. The zero-order valence-corrected chi connectivity index (χ0v) is 11.4. The van der Waals surface area contributed by atoms with Crippen molar-refractivity contribution in [3.8, 4) is 5.75 Å². The standard InChI is InChI=1S/C16H23NO/c1-3-18-14-6-7-15(11(2)8-14)17-16-10-12-4-5-13(16)9-12/h6-8,12-13,16-17H,3-5,9-10H2,1-2H3. The van der Waals surface area contributed by atoms with Crippen LogP contribution in [0.4, 0.5) is 5.69 Å². The van der Waals surface area contributed by atoms with Crippen molar-refractivity contribution in [2.75, 3.05) is 11.9 Å². The lowest BCUT2D eigenvalue weighted by atomic mass is 9.95. The van der Waals surface area contributed by atoms with Crippen molar-refractivity contribution < 1.29 is 4.74 Å². The minimum absolute atomic E-state index is 0.709. The van der Waals surface area contributed by atoms with Crippen molar-refractivity contribution in [2.45, 2.75) is 45.6 Å². The smallest absolute Gasteiger partial charge is 0.119 e. The van der Waals surface area contributed by atoms with Crippen LogP contribution >= 0.6 is 0 Å². The zero-order valence-electron chi connectivity index (χ0n) is 11.4. The second-order valence-electron chi connectivity index (χ2n) is 5.84. The number of ether oxygens (including phenoxy) is 1. The van der Waals surface area contributed by atoms with E-state index in [9.17, 15) is 0 Å². The molecule has 2 aliphatic rings. The molecule has 2 nitrogen and oxygen atoms in total. The average Bonchev–Trinajstić information content (AvgIpc) is 2.95. The normalized spacial score (nSPS) is 29.6. The molecule has 2 fully saturated rings. The van der Waals surface area contributed by atoms with Crippen LogP contribution in [-0.4, -0.2) is 12.6 Å². The Morgan fingerprint density at radius 3 is 2.78 bits per heavy atom. The maximum Gasteiger partial charge on any atom is 0.119 e. The zero-order chi connectivity index (χ0) is 12.5. The molecule has 0 radical (unpaired) electrons. The van der Waals surface area contributed by atoms with Gasteiger partial charge in [-0.1, -0.05) is 6.42 Å². The number of hydrogen-bond acceptors (Lipinski definition) is 2. The van der Waals surface area contributed by atoms with E-state index in [1.165, 1.54) is 36.9 Å². The van der Waals surface area contributed by atoms with Gasteiger partial charge in [0, 0.05) is 11.7 Å². The lowest BCUT2D eigenvalue weighted by Gasteiger charge is -2.25. The molecular weight excluding hydrogens is 222 g/mol. The Morgan fingerprint density at radius 1 is 1.28 bits per heavy atom. The van der Waals surface area contributed by atoms with Crippen LogP contribution in [0, 0.1) is 18.8 Å². The first-order valence-electron chi connectivity index (χ1n) is 7.26. The molecule has 0 aliphatic heterocycles. The van der Waals surface area contributed by atoms with Gasteiger partial charge in [-0.05, 0) is 68.7 Å². The maximum atomic E-state index is 5.53. The Labute approximate surface area is 110 Å². The summed E-state index contributed by atoms with van der Waals surface area (Å²) in [5.74, 6) is 2.89. The summed E-state index contributed by atoms with van der Waals surface area (Å²) in [6.07, 6.45) is 5.72. The van der Waals surface area contributed by atoms with Gasteiger partial charge >= 0.3 is 0 Å². The quantitative estimate of drug-likeness (QED) is 0.866. The lowest BCUT2D eigenvalue weighted by molar-refractivity contribution is 0.340. The minimum Gasteiger partial charge on any atom is -0.494 e. The Kier molecular flexibility index (Phi) is 3.19. The van der Waals surface area contributed by atoms with Crippen molar-refractivity contribution >= 4 is 5.69 Å². The Hall–Kier alpha value is -1.18. The van der Waals surface area contributed by atoms with Gasteiger partial charge in [-0.15, -0.1) is 0 Å². The molecular formula is C16H23NO. The number of rotatable bonds is 4. The number of fused-ring (bicyclic) bond motifs is 2. The monoisotopic (exact) mass is 245 g/mol. The molecule has 2 aliphatic carbocycles. The molecule has 0 saturated heterocycles. The van der Waals surface area contributed by atoms with Gasteiger partial charge in [0.2, 0.25) is 0 Å². The summed E-state index contributed by atoms with van der Waals surface area (Å²) in [5, 5.41) is 3.75. The summed E-state index contributed by atoms with van der Waals surface area (Å²) in [6.45, 7) is 4.92. The molecule has 18 heavy (non-hydrogen) atoms. The summed E-state index contributed by atoms with van der Waals surface area (Å²) in [5.41, 5.74) is 2.58. The van der Waals surface area contributed by atoms with Crippen molar-refractivity contribution in [2.24, 2.45) is 11.8 Å². The number of benzene rings is 1. The Bertz CT molecular complexity index is 429. The molecule has 1 aromatic rings. The van der Waals surface area contributed by atoms with Crippen LogP contribution in [0.1, 0.15) is 38.2 Å². The fraction of sp³-hybridized carbons (Fsp3) is 0.625. The van der Waals surface area contributed by atoms with Crippen molar-refractivity contribution in [3.05, 3.63) is 23.8 Å². The molecule has 3 atom stereocenters. The highest BCUT2D eigenvalue weighted by molar-refractivity contribution is 5.54. The van der Waals surface area contributed by atoms with E-state index in [1.54, 1.807) is 0 Å². The van der Waals surface area contributed by atoms with E-state index in [4.69, 9.17) is 4.74 Å². The van der Waals surface area contributed by atoms with Gasteiger partial charge in [-0.25, -0.2) is 0 Å². The number of anilines is 1. The average molecular weight is 245 g/mol. The maximum absolute atomic E-state index is 5.53. The highest BCUT2D eigenvalue weighted by Gasteiger charge is 2.39. The first-order valence-corrected chi connectivity index (χ1v) is 7.26. The second-order valence-corrected chi connectivity index (χ2v) is 5.84. The van der Waals surface area contributed by atoms with E-state index >= 15 is 0 Å².